The van der Waals surface area contributed by atoms with Crippen molar-refractivity contribution in [1.82, 2.24) is 0 Å². The second-order valence-corrected chi connectivity index (χ2v) is 4.17. The highest BCUT2D eigenvalue weighted by molar-refractivity contribution is 14.1. The molecule has 2 nitrogen and oxygen atoms in total. The van der Waals surface area contributed by atoms with E-state index in [4.69, 9.17) is 0 Å². The summed E-state index contributed by atoms with van der Waals surface area (Å²) in [4.78, 5) is 11.3. The van der Waals surface area contributed by atoms with E-state index in [0.29, 0.717) is 5.56 Å². The molecule has 0 amide bonds. The number of halogens is 1. The van der Waals surface area contributed by atoms with Gasteiger partial charge in [0.05, 0.1) is 5.56 Å². The highest BCUT2D eigenvalue weighted by atomic mass is 127. The van der Waals surface area contributed by atoms with Gasteiger partial charge in [0, 0.05) is 0 Å². The van der Waals surface area contributed by atoms with Crippen molar-refractivity contribution in [2.24, 2.45) is 0 Å². The third-order valence-corrected chi connectivity index (χ3v) is 2.88. The third-order valence-electron chi connectivity index (χ3n) is 2.48. The van der Waals surface area contributed by atoms with Gasteiger partial charge in [-0.25, -0.2) is 4.79 Å². The van der Waals surface area contributed by atoms with Gasteiger partial charge < -0.3 is 3.07 Å². The second kappa shape index (κ2) is 6.35. The van der Waals surface area contributed by atoms with Crippen LogP contribution in [0, 0.1) is 0 Å². The van der Waals surface area contributed by atoms with Crippen LogP contribution in [0.1, 0.15) is 21.5 Å². The molecule has 0 saturated heterocycles. The van der Waals surface area contributed by atoms with E-state index in [9.17, 15) is 4.79 Å². The van der Waals surface area contributed by atoms with Crippen molar-refractivity contribution in [3.05, 3.63) is 71.3 Å². The van der Waals surface area contributed by atoms with Gasteiger partial charge in [-0.3, -0.25) is 0 Å². The van der Waals surface area contributed by atoms with Gasteiger partial charge in [0.25, 0.3) is 0 Å². The minimum Gasteiger partial charge on any atom is -0.391 e. The molecule has 0 aliphatic rings. The Bertz CT molecular complexity index is 544. The molecule has 3 heteroatoms. The molecule has 0 unspecified atom stereocenters. The van der Waals surface area contributed by atoms with Gasteiger partial charge in [0.2, 0.25) is 0 Å². The van der Waals surface area contributed by atoms with Crippen LogP contribution in [-0.4, -0.2) is 5.97 Å². The van der Waals surface area contributed by atoms with E-state index >= 15 is 0 Å². The molecule has 0 aliphatic carbocycles. The maximum Gasteiger partial charge on any atom is 0.347 e. The first-order valence-electron chi connectivity index (χ1n) is 5.46. The Morgan fingerprint density at radius 2 is 1.44 bits per heavy atom. The largest absolute Gasteiger partial charge is 0.391 e. The lowest BCUT2D eigenvalue weighted by molar-refractivity contribution is 0.0800. The third kappa shape index (κ3) is 3.43. The van der Waals surface area contributed by atoms with Gasteiger partial charge in [-0.05, 0) is 23.3 Å². The predicted octanol–water partition coefficient (Wildman–Crippen LogP) is 4.36. The molecule has 0 N–H and O–H groups in total. The van der Waals surface area contributed by atoms with E-state index in [0.717, 1.165) is 11.1 Å². The molecule has 2 aromatic rings. The van der Waals surface area contributed by atoms with E-state index in [2.05, 4.69) is 3.07 Å². The molecule has 0 radical (unpaired) electrons. The fourth-order valence-corrected chi connectivity index (χ4v) is 1.79. The zero-order valence-electron chi connectivity index (χ0n) is 9.55. The maximum atomic E-state index is 11.3. The first kappa shape index (κ1) is 12.8. The Morgan fingerprint density at radius 3 is 2.00 bits per heavy atom. The van der Waals surface area contributed by atoms with Crippen LogP contribution in [0.4, 0.5) is 0 Å². The van der Waals surface area contributed by atoms with Gasteiger partial charge in [0.1, 0.15) is 0 Å². The van der Waals surface area contributed by atoms with Crippen molar-refractivity contribution < 1.29 is 7.86 Å². The Morgan fingerprint density at radius 1 is 0.889 bits per heavy atom. The average Bonchev–Trinajstić information content (AvgIpc) is 2.46. The molecule has 18 heavy (non-hydrogen) atoms. The summed E-state index contributed by atoms with van der Waals surface area (Å²) in [5.74, 6) is -0.325. The summed E-state index contributed by atoms with van der Waals surface area (Å²) in [5.41, 5.74) is 2.75. The SMILES string of the molecule is O=C(OI)c1ccc(/C=C/c2ccccc2)cc1. The van der Waals surface area contributed by atoms with E-state index < -0.39 is 0 Å². The lowest BCUT2D eigenvalue weighted by Crippen LogP contribution is -1.96. The number of hydrogen-bond donors (Lipinski definition) is 0. The molecule has 0 saturated carbocycles. The molecule has 0 bridgehead atoms. The van der Waals surface area contributed by atoms with E-state index in [1.54, 1.807) is 35.1 Å². The number of rotatable bonds is 3. The monoisotopic (exact) mass is 350 g/mol. The Kier molecular flexibility index (Phi) is 4.52. The quantitative estimate of drug-likeness (QED) is 0.607. The topological polar surface area (TPSA) is 26.3 Å². The normalized spacial score (nSPS) is 10.5. The molecular weight excluding hydrogens is 339 g/mol. The summed E-state index contributed by atoms with van der Waals surface area (Å²) in [6, 6.07) is 17.4. The van der Waals surface area contributed by atoms with Crippen molar-refractivity contribution in [1.29, 1.82) is 0 Å². The van der Waals surface area contributed by atoms with Crippen molar-refractivity contribution in [3.63, 3.8) is 0 Å². The van der Waals surface area contributed by atoms with Crippen LogP contribution < -0.4 is 0 Å². The zero-order chi connectivity index (χ0) is 12.8. The van der Waals surface area contributed by atoms with Crippen molar-refractivity contribution >= 4 is 41.1 Å². The molecule has 2 aromatic carbocycles. The van der Waals surface area contributed by atoms with Crippen LogP contribution in [0.3, 0.4) is 0 Å². The minimum atomic E-state index is -0.325. The van der Waals surface area contributed by atoms with Crippen molar-refractivity contribution in [2.75, 3.05) is 0 Å². The minimum absolute atomic E-state index is 0.325. The van der Waals surface area contributed by atoms with Crippen molar-refractivity contribution in [3.8, 4) is 0 Å². The number of benzene rings is 2. The first-order chi connectivity index (χ1) is 8.79. The fraction of sp³-hybridized carbons (Fsp3) is 0. The Hall–Kier alpha value is -1.62. The van der Waals surface area contributed by atoms with Gasteiger partial charge in [-0.2, -0.15) is 0 Å². The smallest absolute Gasteiger partial charge is 0.347 e. The van der Waals surface area contributed by atoms with Crippen LogP contribution in [0.25, 0.3) is 12.2 Å². The van der Waals surface area contributed by atoms with Crippen molar-refractivity contribution in [2.45, 2.75) is 0 Å². The molecule has 0 fully saturated rings. The van der Waals surface area contributed by atoms with Gasteiger partial charge in [-0.1, -0.05) is 54.6 Å². The van der Waals surface area contributed by atoms with Crippen LogP contribution >= 0.6 is 23.0 Å². The summed E-state index contributed by atoms with van der Waals surface area (Å²) >= 11 is 1.59. The average molecular weight is 350 g/mol. The van der Waals surface area contributed by atoms with Crippen LogP contribution in [0.2, 0.25) is 0 Å². The summed E-state index contributed by atoms with van der Waals surface area (Å²) in [6.45, 7) is 0. The lowest BCUT2D eigenvalue weighted by Gasteiger charge is -1.98. The van der Waals surface area contributed by atoms with Crippen LogP contribution in [-0.2, 0) is 3.07 Å². The maximum absolute atomic E-state index is 11.3. The second-order valence-electron chi connectivity index (χ2n) is 3.73. The fourth-order valence-electron chi connectivity index (χ4n) is 1.53. The molecule has 90 valence electrons. The van der Waals surface area contributed by atoms with E-state index in [1.807, 2.05) is 54.6 Å². The number of carbonyl (C=O) groups excluding carboxylic acids is 1. The van der Waals surface area contributed by atoms with Gasteiger partial charge in [-0.15, -0.1) is 0 Å². The number of hydrogen-bond acceptors (Lipinski definition) is 2. The zero-order valence-corrected chi connectivity index (χ0v) is 11.7. The van der Waals surface area contributed by atoms with Gasteiger partial charge >= 0.3 is 5.97 Å². The molecule has 0 spiro atoms. The first-order valence-corrected chi connectivity index (χ1v) is 6.34. The molecule has 0 heterocycles. The molecule has 2 rings (SSSR count). The lowest BCUT2D eigenvalue weighted by atomic mass is 10.1. The molecular formula is C15H11IO2. The molecule has 0 atom stereocenters. The van der Waals surface area contributed by atoms with Crippen LogP contribution in [0.15, 0.2) is 54.6 Å². The molecule has 0 aromatic heterocycles. The van der Waals surface area contributed by atoms with Crippen LogP contribution in [0.5, 0.6) is 0 Å². The van der Waals surface area contributed by atoms with Gasteiger partial charge in [0.15, 0.2) is 23.0 Å². The molecule has 0 aliphatic heterocycles. The van der Waals surface area contributed by atoms with E-state index in [-0.39, 0.29) is 5.97 Å². The Balaban J connectivity index is 2.11. The summed E-state index contributed by atoms with van der Waals surface area (Å²) < 4.78 is 4.62. The number of carbonyl (C=O) groups is 1. The standard InChI is InChI=1S/C15H11IO2/c16-18-15(17)14-10-8-13(9-11-14)7-6-12-4-2-1-3-5-12/h1-11H/b7-6+. The Labute approximate surface area is 120 Å². The highest BCUT2D eigenvalue weighted by Crippen LogP contribution is 2.11. The highest BCUT2D eigenvalue weighted by Gasteiger charge is 2.03. The summed E-state index contributed by atoms with van der Waals surface area (Å²) in [7, 11) is 0. The van der Waals surface area contributed by atoms with E-state index in [1.165, 1.54) is 0 Å². The summed E-state index contributed by atoms with van der Waals surface area (Å²) in [6.07, 6.45) is 4.04. The predicted molar refractivity (Wildman–Crippen MR) is 81.2 cm³/mol. The summed E-state index contributed by atoms with van der Waals surface area (Å²) in [5, 5.41) is 0.